The molecule has 11 nitrogen and oxygen atoms in total. The molecule has 208 valence electrons. The summed E-state index contributed by atoms with van der Waals surface area (Å²) in [5.41, 5.74) is 1.93. The fourth-order valence-corrected chi connectivity index (χ4v) is 6.01. The van der Waals surface area contributed by atoms with Crippen LogP contribution in [0.3, 0.4) is 0 Å². The maximum Gasteiger partial charge on any atom is 0.257 e. The van der Waals surface area contributed by atoms with E-state index in [9.17, 15) is 28.6 Å². The van der Waals surface area contributed by atoms with E-state index in [1.165, 1.54) is 16.7 Å². The quantitative estimate of drug-likeness (QED) is 0.264. The Hall–Kier alpha value is -2.47. The Morgan fingerprint density at radius 1 is 1.29 bits per heavy atom. The molecule has 1 aromatic carbocycles. The largest absolute Gasteiger partial charge is 0.790 e. The van der Waals surface area contributed by atoms with Crippen molar-refractivity contribution in [1.82, 2.24) is 14.7 Å². The molecule has 2 aliphatic heterocycles. The average Bonchev–Trinajstić information content (AvgIpc) is 3.26. The van der Waals surface area contributed by atoms with Crippen molar-refractivity contribution in [2.75, 3.05) is 26.4 Å². The van der Waals surface area contributed by atoms with Crippen molar-refractivity contribution in [1.29, 1.82) is 0 Å². The number of likely N-dealkylation sites (tertiary alicyclic amines) is 1. The van der Waals surface area contributed by atoms with Crippen LogP contribution in [-0.4, -0.2) is 50.7 Å². The fraction of sp³-hybridized carbons (Fsp3) is 0.520. The summed E-state index contributed by atoms with van der Waals surface area (Å²) in [6, 6.07) is 4.28. The van der Waals surface area contributed by atoms with Gasteiger partial charge in [0.2, 0.25) is 0 Å². The number of piperidine rings is 1. The summed E-state index contributed by atoms with van der Waals surface area (Å²) < 4.78 is 36.6. The van der Waals surface area contributed by atoms with Gasteiger partial charge in [-0.05, 0) is 31.9 Å². The maximum absolute atomic E-state index is 13.5. The summed E-state index contributed by atoms with van der Waals surface area (Å²) in [5.74, 6) is -0.0313. The molecule has 1 N–H and O–H groups in total. The van der Waals surface area contributed by atoms with Crippen LogP contribution in [0.25, 0.3) is 11.0 Å². The number of benzene rings is 1. The van der Waals surface area contributed by atoms with Gasteiger partial charge in [0.05, 0.1) is 33.2 Å². The third-order valence-electron chi connectivity index (χ3n) is 7.73. The van der Waals surface area contributed by atoms with Crippen LogP contribution in [0.2, 0.25) is 0 Å². The first-order valence-corrected chi connectivity index (χ1v) is 13.9. The van der Waals surface area contributed by atoms with E-state index in [1.807, 2.05) is 0 Å². The first kappa shape index (κ1) is 28.5. The minimum absolute atomic E-state index is 0. The van der Waals surface area contributed by atoms with Gasteiger partial charge in [-0.15, -0.1) is 0 Å². The molecule has 1 saturated heterocycles. The second-order valence-electron chi connectivity index (χ2n) is 10.1. The van der Waals surface area contributed by atoms with E-state index in [0.29, 0.717) is 80.9 Å². The molecule has 1 atom stereocenters. The van der Waals surface area contributed by atoms with Gasteiger partial charge < -0.3 is 40.4 Å². The zero-order chi connectivity index (χ0) is 26.4. The van der Waals surface area contributed by atoms with Crippen LogP contribution in [0, 0.1) is 20.2 Å². The van der Waals surface area contributed by atoms with Crippen LogP contribution in [0.15, 0.2) is 27.5 Å². The van der Waals surface area contributed by atoms with Crippen molar-refractivity contribution < 1.29 is 37.4 Å². The van der Waals surface area contributed by atoms with Crippen molar-refractivity contribution in [3.63, 3.8) is 0 Å². The molecule has 4 heterocycles. The highest BCUT2D eigenvalue weighted by Gasteiger charge is 2.37. The Morgan fingerprint density at radius 2 is 2.03 bits per heavy atom. The van der Waals surface area contributed by atoms with Gasteiger partial charge in [0.15, 0.2) is 12.3 Å². The molecule has 1 unspecified atom stereocenters. The van der Waals surface area contributed by atoms with Crippen LogP contribution in [0.4, 0.5) is 4.39 Å². The van der Waals surface area contributed by atoms with E-state index in [1.54, 1.807) is 13.0 Å². The van der Waals surface area contributed by atoms with E-state index in [4.69, 9.17) is 9.05 Å². The smallest absolute Gasteiger partial charge is 0.257 e. The van der Waals surface area contributed by atoms with E-state index < -0.39 is 19.7 Å². The molecule has 0 bridgehead atoms. The van der Waals surface area contributed by atoms with Crippen molar-refractivity contribution in [3.05, 3.63) is 64.6 Å². The summed E-state index contributed by atoms with van der Waals surface area (Å²) in [4.78, 5) is 40.3. The Morgan fingerprint density at radius 3 is 2.74 bits per heavy atom. The lowest BCUT2D eigenvalue weighted by atomic mass is 9.90. The van der Waals surface area contributed by atoms with Gasteiger partial charge in [-0.25, -0.2) is 9.37 Å². The van der Waals surface area contributed by atoms with Crippen molar-refractivity contribution >= 4 is 18.8 Å². The second-order valence-corrected chi connectivity index (χ2v) is 11.3. The zero-order valence-electron chi connectivity index (χ0n) is 21.5. The number of aliphatic hydroxyl groups is 1. The van der Waals surface area contributed by atoms with Crippen molar-refractivity contribution in [2.24, 2.45) is 0 Å². The lowest BCUT2D eigenvalue weighted by molar-refractivity contribution is -0.947. The third-order valence-corrected chi connectivity index (χ3v) is 8.17. The van der Waals surface area contributed by atoms with Crippen LogP contribution in [0.1, 0.15) is 60.5 Å². The number of aliphatic hydroxyl groups excluding tert-OH is 1. The zero-order valence-corrected chi connectivity index (χ0v) is 22.4. The van der Waals surface area contributed by atoms with Gasteiger partial charge in [0, 0.05) is 54.4 Å². The number of rotatable bonds is 7. The summed E-state index contributed by atoms with van der Waals surface area (Å²) in [6.45, 7) is 3.24. The predicted octanol–water partition coefficient (Wildman–Crippen LogP) is 1.85. The number of hydrogen-bond donors (Lipinski definition) is 1. The first-order valence-electron chi connectivity index (χ1n) is 12.4. The van der Waals surface area contributed by atoms with Gasteiger partial charge in [0.25, 0.3) is 5.56 Å². The number of aromatic nitrogens is 3. The highest BCUT2D eigenvalue weighted by molar-refractivity contribution is 7.43. The maximum atomic E-state index is 13.5. The van der Waals surface area contributed by atoms with Gasteiger partial charge in [0.1, 0.15) is 17.7 Å². The second kappa shape index (κ2) is 11.0. The molecule has 1 fully saturated rings. The van der Waals surface area contributed by atoms with Gasteiger partial charge >= 0.3 is 0 Å². The minimum Gasteiger partial charge on any atom is -0.790 e. The van der Waals surface area contributed by atoms with Gasteiger partial charge in [-0.2, -0.15) is 0 Å². The monoisotopic (exact) mass is 550 g/mol. The Bertz CT molecular complexity index is 1410. The first-order chi connectivity index (χ1) is 17.6. The molecule has 2 aliphatic rings. The standard InChI is InChI=1S/C24H30FN4O7P.CH3/c1-15-18(24(31)28-9-2-3-20(30)23(28)26-15)8-12-29(14-35-37(32,33)34)10-6-16(7-11-29)22-19-5-4-17(25)13-21(19)36-27-22;/h4-5,13,16,20,30H,2-3,6-12,14H2,1H3,(H-,32,33,34);1H3/q;-1/p-1. The van der Waals surface area contributed by atoms with Gasteiger partial charge in [-0.1, -0.05) is 5.16 Å². The van der Waals surface area contributed by atoms with Crippen LogP contribution >= 0.6 is 7.82 Å². The van der Waals surface area contributed by atoms with Crippen LogP contribution in [0.5, 0.6) is 0 Å². The molecule has 3 aromatic rings. The molecule has 38 heavy (non-hydrogen) atoms. The van der Waals surface area contributed by atoms with E-state index >= 15 is 0 Å². The summed E-state index contributed by atoms with van der Waals surface area (Å²) in [6.07, 6.45) is 2.00. The summed E-state index contributed by atoms with van der Waals surface area (Å²) >= 11 is 0. The number of halogens is 1. The minimum atomic E-state index is -5.20. The molecular weight excluding hydrogens is 518 g/mol. The highest BCUT2D eigenvalue weighted by atomic mass is 31.2. The molecule has 13 heteroatoms. The number of hydrogen-bond acceptors (Lipinski definition) is 9. The SMILES string of the molecule is Cc1nc2n(c(=O)c1CC[N+]1(COP(=O)([O-])[O-])CCC(c3noc4cc(F)ccc34)CC1)CCCC2O.[CH3-]. The fourth-order valence-electron chi connectivity index (χ4n) is 5.63. The number of quaternary nitrogens is 1. The number of fused-ring (bicyclic) bond motifs is 2. The van der Waals surface area contributed by atoms with Crippen molar-refractivity contribution in [3.8, 4) is 0 Å². The van der Waals surface area contributed by atoms with Crippen LogP contribution in [-0.2, 0) is 22.1 Å². The van der Waals surface area contributed by atoms with Gasteiger partial charge in [-0.3, -0.25) is 9.36 Å². The van der Waals surface area contributed by atoms with Crippen LogP contribution < -0.4 is 15.3 Å². The average molecular weight is 551 g/mol. The molecule has 0 saturated carbocycles. The van der Waals surface area contributed by atoms with E-state index in [2.05, 4.69) is 10.1 Å². The molecular formula is C25H32FN4O7P-2. The molecule has 0 spiro atoms. The molecule has 0 radical (unpaired) electrons. The van der Waals surface area contributed by atoms with Crippen molar-refractivity contribution in [2.45, 2.75) is 57.6 Å². The topological polar surface area (TPSA) is 154 Å². The third kappa shape index (κ3) is 5.75. The highest BCUT2D eigenvalue weighted by Crippen LogP contribution is 2.37. The number of phosphoric ester groups is 1. The summed E-state index contributed by atoms with van der Waals surface area (Å²) in [5, 5.41) is 15.1. The van der Waals surface area contributed by atoms with E-state index in [0.717, 1.165) is 11.1 Å². The lowest BCUT2D eigenvalue weighted by Crippen LogP contribution is -2.55. The molecule has 2 aromatic heterocycles. The Labute approximate surface area is 219 Å². The number of nitrogens with zero attached hydrogens (tertiary/aromatic N) is 4. The summed E-state index contributed by atoms with van der Waals surface area (Å²) in [7, 11) is -5.20. The lowest BCUT2D eigenvalue weighted by Gasteiger charge is -2.45. The number of aryl methyl sites for hydroxylation is 1. The molecule has 0 aliphatic carbocycles. The number of phosphoric acid groups is 1. The Kier molecular flexibility index (Phi) is 8.23. The predicted molar refractivity (Wildman–Crippen MR) is 132 cm³/mol. The van der Waals surface area contributed by atoms with E-state index in [-0.39, 0.29) is 30.1 Å². The molecule has 5 rings (SSSR count). The normalized spacial score (nSPS) is 23.7. The molecule has 0 amide bonds. The Balaban J connectivity index is 0.00000336.